The van der Waals surface area contributed by atoms with Crippen molar-refractivity contribution in [2.24, 2.45) is 5.92 Å². The van der Waals surface area contributed by atoms with Crippen LogP contribution in [0, 0.1) is 5.92 Å². The molecule has 0 aromatic heterocycles. The standard InChI is InChI=1S/C19H31N/c1-5-7-15-10-12-16(13-11-15)18-9-6-8-17(18)14-20-19(2,3)4/h10-13,17-18,20H,5-9,14H2,1-4H3. The van der Waals surface area contributed by atoms with E-state index in [1.807, 2.05) is 0 Å². The van der Waals surface area contributed by atoms with Crippen molar-refractivity contribution in [2.45, 2.75) is 71.3 Å². The van der Waals surface area contributed by atoms with Crippen LogP contribution in [-0.2, 0) is 6.42 Å². The summed E-state index contributed by atoms with van der Waals surface area (Å²) in [6, 6.07) is 9.44. The van der Waals surface area contributed by atoms with Gasteiger partial charge in [0.05, 0.1) is 0 Å². The van der Waals surface area contributed by atoms with E-state index in [2.05, 4.69) is 57.3 Å². The first-order valence-electron chi connectivity index (χ1n) is 8.33. The van der Waals surface area contributed by atoms with Gasteiger partial charge in [-0.1, -0.05) is 44.0 Å². The second-order valence-corrected chi connectivity index (χ2v) is 7.42. The number of rotatable bonds is 5. The molecule has 0 bridgehead atoms. The third kappa shape index (κ3) is 4.34. The molecule has 0 heterocycles. The molecule has 112 valence electrons. The highest BCUT2D eigenvalue weighted by Crippen LogP contribution is 2.39. The fourth-order valence-electron chi connectivity index (χ4n) is 3.38. The van der Waals surface area contributed by atoms with Crippen LogP contribution in [0.2, 0.25) is 0 Å². The zero-order chi connectivity index (χ0) is 14.6. The molecule has 0 amide bonds. The lowest BCUT2D eigenvalue weighted by atomic mass is 9.87. The predicted molar refractivity (Wildman–Crippen MR) is 88.3 cm³/mol. The Hall–Kier alpha value is -0.820. The lowest BCUT2D eigenvalue weighted by Crippen LogP contribution is -2.39. The summed E-state index contributed by atoms with van der Waals surface area (Å²) in [6.45, 7) is 10.2. The Balaban J connectivity index is 1.99. The summed E-state index contributed by atoms with van der Waals surface area (Å²) in [5.41, 5.74) is 3.28. The van der Waals surface area contributed by atoms with Gasteiger partial charge in [-0.15, -0.1) is 0 Å². The normalized spacial score (nSPS) is 23.2. The van der Waals surface area contributed by atoms with Gasteiger partial charge in [-0.3, -0.25) is 0 Å². The summed E-state index contributed by atoms with van der Waals surface area (Å²) in [5.74, 6) is 1.58. The van der Waals surface area contributed by atoms with E-state index in [0.29, 0.717) is 0 Å². The number of hydrogen-bond acceptors (Lipinski definition) is 1. The maximum atomic E-state index is 3.70. The van der Waals surface area contributed by atoms with Crippen molar-refractivity contribution < 1.29 is 0 Å². The summed E-state index contributed by atoms with van der Waals surface area (Å²) in [6.07, 6.45) is 6.58. The first kappa shape index (κ1) is 15.6. The summed E-state index contributed by atoms with van der Waals surface area (Å²) >= 11 is 0. The highest BCUT2D eigenvalue weighted by atomic mass is 14.9. The minimum atomic E-state index is 0.234. The first-order valence-corrected chi connectivity index (χ1v) is 8.33. The monoisotopic (exact) mass is 273 g/mol. The van der Waals surface area contributed by atoms with Crippen LogP contribution < -0.4 is 5.32 Å². The van der Waals surface area contributed by atoms with E-state index in [9.17, 15) is 0 Å². The molecule has 1 aliphatic carbocycles. The Morgan fingerprint density at radius 3 is 2.40 bits per heavy atom. The molecule has 1 nitrogen and oxygen atoms in total. The molecule has 1 fully saturated rings. The second kappa shape index (κ2) is 6.76. The molecule has 20 heavy (non-hydrogen) atoms. The summed E-state index contributed by atoms with van der Waals surface area (Å²) < 4.78 is 0. The van der Waals surface area contributed by atoms with Gasteiger partial charge in [0.1, 0.15) is 0 Å². The van der Waals surface area contributed by atoms with Gasteiger partial charge in [0.2, 0.25) is 0 Å². The molecule has 2 unspecified atom stereocenters. The Morgan fingerprint density at radius 1 is 1.10 bits per heavy atom. The SMILES string of the molecule is CCCc1ccc(C2CCCC2CNC(C)(C)C)cc1. The molecule has 0 aliphatic heterocycles. The molecule has 1 aromatic carbocycles. The highest BCUT2D eigenvalue weighted by molar-refractivity contribution is 5.27. The summed E-state index contributed by atoms with van der Waals surface area (Å²) in [7, 11) is 0. The molecular formula is C19H31N. The zero-order valence-electron chi connectivity index (χ0n) is 13.7. The van der Waals surface area contributed by atoms with Crippen molar-refractivity contribution in [3.63, 3.8) is 0 Å². The second-order valence-electron chi connectivity index (χ2n) is 7.42. The van der Waals surface area contributed by atoms with Crippen molar-refractivity contribution in [3.05, 3.63) is 35.4 Å². The van der Waals surface area contributed by atoms with Gasteiger partial charge in [0.25, 0.3) is 0 Å². The third-order valence-corrected chi connectivity index (χ3v) is 4.50. The molecule has 1 aliphatic rings. The van der Waals surface area contributed by atoms with Crippen molar-refractivity contribution in [1.29, 1.82) is 0 Å². The molecule has 0 spiro atoms. The topological polar surface area (TPSA) is 12.0 Å². The van der Waals surface area contributed by atoms with E-state index >= 15 is 0 Å². The van der Waals surface area contributed by atoms with Crippen LogP contribution in [0.1, 0.15) is 70.4 Å². The van der Waals surface area contributed by atoms with Crippen LogP contribution in [-0.4, -0.2) is 12.1 Å². The van der Waals surface area contributed by atoms with E-state index < -0.39 is 0 Å². The Bertz CT molecular complexity index is 399. The quantitative estimate of drug-likeness (QED) is 0.803. The summed E-state index contributed by atoms with van der Waals surface area (Å²) in [4.78, 5) is 0. The van der Waals surface area contributed by atoms with Crippen molar-refractivity contribution in [3.8, 4) is 0 Å². The average molecular weight is 273 g/mol. The fraction of sp³-hybridized carbons (Fsp3) is 0.684. The molecule has 1 heteroatoms. The highest BCUT2D eigenvalue weighted by Gasteiger charge is 2.29. The van der Waals surface area contributed by atoms with Crippen LogP contribution in [0.3, 0.4) is 0 Å². The lowest BCUT2D eigenvalue weighted by Gasteiger charge is -2.26. The van der Waals surface area contributed by atoms with E-state index in [1.165, 1.54) is 37.7 Å². The van der Waals surface area contributed by atoms with Gasteiger partial charge in [-0.2, -0.15) is 0 Å². The minimum Gasteiger partial charge on any atom is -0.312 e. The first-order chi connectivity index (χ1) is 9.49. The molecule has 1 N–H and O–H groups in total. The third-order valence-electron chi connectivity index (χ3n) is 4.50. The van der Waals surface area contributed by atoms with Crippen LogP contribution >= 0.6 is 0 Å². The van der Waals surface area contributed by atoms with Gasteiger partial charge in [0.15, 0.2) is 0 Å². The maximum Gasteiger partial charge on any atom is 0.00966 e. The zero-order valence-corrected chi connectivity index (χ0v) is 13.7. The van der Waals surface area contributed by atoms with E-state index in [0.717, 1.165) is 18.4 Å². The maximum absolute atomic E-state index is 3.70. The smallest absolute Gasteiger partial charge is 0.00966 e. The van der Waals surface area contributed by atoms with Gasteiger partial charge in [-0.05, 0) is 69.5 Å². The number of aryl methyl sites for hydroxylation is 1. The largest absolute Gasteiger partial charge is 0.312 e. The van der Waals surface area contributed by atoms with Crippen molar-refractivity contribution >= 4 is 0 Å². The molecule has 2 rings (SSSR count). The van der Waals surface area contributed by atoms with Gasteiger partial charge >= 0.3 is 0 Å². The minimum absolute atomic E-state index is 0.234. The Kier molecular flexibility index (Phi) is 5.26. The number of benzene rings is 1. The predicted octanol–water partition coefficient (Wildman–Crippen LogP) is 4.91. The molecule has 1 saturated carbocycles. The van der Waals surface area contributed by atoms with Crippen molar-refractivity contribution in [1.82, 2.24) is 5.32 Å². The molecule has 2 atom stereocenters. The average Bonchev–Trinajstić information content (AvgIpc) is 2.85. The Labute approximate surface area is 125 Å². The van der Waals surface area contributed by atoms with Crippen molar-refractivity contribution in [2.75, 3.05) is 6.54 Å². The van der Waals surface area contributed by atoms with Crippen LogP contribution in [0.5, 0.6) is 0 Å². The van der Waals surface area contributed by atoms with Crippen LogP contribution in [0.15, 0.2) is 24.3 Å². The lowest BCUT2D eigenvalue weighted by molar-refractivity contribution is 0.356. The van der Waals surface area contributed by atoms with Crippen LogP contribution in [0.25, 0.3) is 0 Å². The van der Waals surface area contributed by atoms with Gasteiger partial charge in [0, 0.05) is 5.54 Å². The Morgan fingerprint density at radius 2 is 1.80 bits per heavy atom. The van der Waals surface area contributed by atoms with Gasteiger partial charge < -0.3 is 5.32 Å². The van der Waals surface area contributed by atoms with Gasteiger partial charge in [-0.25, -0.2) is 0 Å². The van der Waals surface area contributed by atoms with E-state index in [-0.39, 0.29) is 5.54 Å². The molecule has 1 aromatic rings. The molecule has 0 radical (unpaired) electrons. The van der Waals surface area contributed by atoms with E-state index in [1.54, 1.807) is 5.56 Å². The molecule has 0 saturated heterocycles. The fourth-order valence-corrected chi connectivity index (χ4v) is 3.38. The number of nitrogens with one attached hydrogen (secondary N) is 1. The number of hydrogen-bond donors (Lipinski definition) is 1. The van der Waals surface area contributed by atoms with E-state index in [4.69, 9.17) is 0 Å². The molecular weight excluding hydrogens is 242 g/mol. The van der Waals surface area contributed by atoms with Crippen LogP contribution in [0.4, 0.5) is 0 Å². The summed E-state index contributed by atoms with van der Waals surface area (Å²) in [5, 5.41) is 3.70.